The zero-order valence-corrected chi connectivity index (χ0v) is 13.2. The number of benzene rings is 1. The molecular weight excluding hydrogens is 310 g/mol. The number of anilines is 1. The van der Waals surface area contributed by atoms with E-state index < -0.39 is 0 Å². The molecule has 0 bridgehead atoms. The molecule has 112 valence electrons. The first-order valence-corrected chi connectivity index (χ1v) is 7.62. The van der Waals surface area contributed by atoms with E-state index in [0.717, 1.165) is 0 Å². The first-order chi connectivity index (χ1) is 10.0. The molecule has 7 heteroatoms. The fraction of sp³-hybridized carbons (Fsp3) is 0.286. The fourth-order valence-corrected chi connectivity index (χ4v) is 2.42. The predicted octanol–water partition coefficient (Wildman–Crippen LogP) is 2.46. The highest BCUT2D eigenvalue weighted by Crippen LogP contribution is 2.17. The van der Waals surface area contributed by atoms with Crippen molar-refractivity contribution in [3.8, 4) is 5.75 Å². The number of nitrogens with zero attached hydrogens (tertiary/aromatic N) is 2. The maximum atomic E-state index is 12.0. The Morgan fingerprint density at radius 3 is 3.00 bits per heavy atom. The number of halogens is 1. The summed E-state index contributed by atoms with van der Waals surface area (Å²) in [4.78, 5) is 17.7. The highest BCUT2D eigenvalue weighted by molar-refractivity contribution is 7.13. The van der Waals surface area contributed by atoms with Crippen LogP contribution in [0.3, 0.4) is 0 Å². The molecule has 0 saturated heterocycles. The molecule has 2 rings (SSSR count). The van der Waals surface area contributed by atoms with Crippen molar-refractivity contribution in [1.29, 1.82) is 0 Å². The van der Waals surface area contributed by atoms with Crippen LogP contribution in [0, 0.1) is 0 Å². The Morgan fingerprint density at radius 1 is 1.52 bits per heavy atom. The molecule has 2 N–H and O–H groups in total. The lowest BCUT2D eigenvalue weighted by Gasteiger charge is -2.17. The molecule has 0 saturated carbocycles. The number of hydrogen-bond donors (Lipinski definition) is 1. The second-order valence-electron chi connectivity index (χ2n) is 4.47. The van der Waals surface area contributed by atoms with Crippen molar-refractivity contribution in [2.24, 2.45) is 0 Å². The van der Waals surface area contributed by atoms with Gasteiger partial charge in [0.05, 0.1) is 18.7 Å². The Morgan fingerprint density at radius 2 is 2.33 bits per heavy atom. The van der Waals surface area contributed by atoms with Crippen LogP contribution in [0.2, 0.25) is 5.02 Å². The predicted molar refractivity (Wildman–Crippen MR) is 84.8 cm³/mol. The molecule has 1 heterocycles. The minimum atomic E-state index is -0.0185. The number of nitrogens with two attached hydrogens (primary N) is 1. The summed E-state index contributed by atoms with van der Waals surface area (Å²) in [5.41, 5.74) is 6.24. The molecule has 1 aromatic carbocycles. The minimum Gasteiger partial charge on any atom is -0.492 e. The lowest BCUT2D eigenvalue weighted by Crippen LogP contribution is -2.32. The molecule has 0 aliphatic carbocycles. The highest BCUT2D eigenvalue weighted by Gasteiger charge is 2.11. The maximum Gasteiger partial charge on any atom is 0.228 e. The van der Waals surface area contributed by atoms with Gasteiger partial charge in [0.15, 0.2) is 5.13 Å². The zero-order valence-electron chi connectivity index (χ0n) is 11.6. The lowest BCUT2D eigenvalue weighted by molar-refractivity contribution is -0.129. The van der Waals surface area contributed by atoms with Gasteiger partial charge in [0, 0.05) is 17.5 Å². The smallest absolute Gasteiger partial charge is 0.228 e. The summed E-state index contributed by atoms with van der Waals surface area (Å²) in [5.74, 6) is 0.672. The second kappa shape index (κ2) is 7.28. The van der Waals surface area contributed by atoms with Crippen LogP contribution in [0.15, 0.2) is 29.6 Å². The van der Waals surface area contributed by atoms with Gasteiger partial charge in [-0.15, -0.1) is 11.3 Å². The SMILES string of the molecule is CN(CCOc1cccc(Cl)c1)C(=O)Cc1csc(N)n1. The van der Waals surface area contributed by atoms with E-state index >= 15 is 0 Å². The van der Waals surface area contributed by atoms with Gasteiger partial charge in [-0.05, 0) is 18.2 Å². The Hall–Kier alpha value is -1.79. The standard InChI is InChI=1S/C14H16ClN3O2S/c1-18(13(19)8-11-9-21-14(16)17-11)5-6-20-12-4-2-3-10(15)7-12/h2-4,7,9H,5-6,8H2,1H3,(H2,16,17). The molecule has 1 amide bonds. The molecular formula is C14H16ClN3O2S. The van der Waals surface area contributed by atoms with Gasteiger partial charge >= 0.3 is 0 Å². The highest BCUT2D eigenvalue weighted by atomic mass is 35.5. The first kappa shape index (κ1) is 15.6. The normalized spacial score (nSPS) is 10.4. The number of aromatic nitrogens is 1. The topological polar surface area (TPSA) is 68.5 Å². The van der Waals surface area contributed by atoms with Gasteiger partial charge in [0.25, 0.3) is 0 Å². The molecule has 5 nitrogen and oxygen atoms in total. The van der Waals surface area contributed by atoms with Gasteiger partial charge in [0.2, 0.25) is 5.91 Å². The molecule has 0 fully saturated rings. The average molecular weight is 326 g/mol. The molecule has 21 heavy (non-hydrogen) atoms. The Kier molecular flexibility index (Phi) is 5.41. The van der Waals surface area contributed by atoms with Gasteiger partial charge < -0.3 is 15.4 Å². The van der Waals surface area contributed by atoms with E-state index in [4.69, 9.17) is 22.1 Å². The summed E-state index contributed by atoms with van der Waals surface area (Å²) in [6.07, 6.45) is 0.251. The summed E-state index contributed by atoms with van der Waals surface area (Å²) in [6, 6.07) is 7.16. The van der Waals surface area contributed by atoms with Crippen LogP contribution in [0.4, 0.5) is 5.13 Å². The Bertz CT molecular complexity index is 618. The van der Waals surface area contributed by atoms with Crippen LogP contribution < -0.4 is 10.5 Å². The van der Waals surface area contributed by atoms with E-state index in [9.17, 15) is 4.79 Å². The number of carbonyl (C=O) groups excluding carboxylic acids is 1. The number of likely N-dealkylation sites (N-methyl/N-ethyl adjacent to an activating group) is 1. The van der Waals surface area contributed by atoms with Gasteiger partial charge in [0.1, 0.15) is 12.4 Å². The minimum absolute atomic E-state index is 0.0185. The van der Waals surface area contributed by atoms with E-state index in [1.54, 1.807) is 29.5 Å². The third-order valence-electron chi connectivity index (χ3n) is 2.82. The fourth-order valence-electron chi connectivity index (χ4n) is 1.68. The van der Waals surface area contributed by atoms with E-state index in [0.29, 0.717) is 34.7 Å². The van der Waals surface area contributed by atoms with Crippen LogP contribution in [-0.4, -0.2) is 36.0 Å². The quantitative estimate of drug-likeness (QED) is 0.885. The van der Waals surface area contributed by atoms with Crippen molar-refractivity contribution in [1.82, 2.24) is 9.88 Å². The van der Waals surface area contributed by atoms with Gasteiger partial charge in [-0.2, -0.15) is 0 Å². The van der Waals surface area contributed by atoms with Crippen molar-refractivity contribution in [3.63, 3.8) is 0 Å². The van der Waals surface area contributed by atoms with Crippen LogP contribution in [0.1, 0.15) is 5.69 Å². The average Bonchev–Trinajstić information content (AvgIpc) is 2.84. The molecule has 2 aromatic rings. The molecule has 0 spiro atoms. The summed E-state index contributed by atoms with van der Waals surface area (Å²) < 4.78 is 5.55. The van der Waals surface area contributed by atoms with Crippen molar-refractivity contribution < 1.29 is 9.53 Å². The number of thiazole rings is 1. The third-order valence-corrected chi connectivity index (χ3v) is 3.78. The Balaban J connectivity index is 1.76. The third kappa shape index (κ3) is 4.91. The lowest BCUT2D eigenvalue weighted by atomic mass is 10.3. The molecule has 1 aromatic heterocycles. The summed E-state index contributed by atoms with van der Waals surface area (Å²) in [6.45, 7) is 0.896. The largest absolute Gasteiger partial charge is 0.492 e. The van der Waals surface area contributed by atoms with Crippen LogP contribution in [0.25, 0.3) is 0 Å². The number of rotatable bonds is 6. The molecule has 0 unspecified atom stereocenters. The second-order valence-corrected chi connectivity index (χ2v) is 5.80. The van der Waals surface area contributed by atoms with Gasteiger partial charge in [-0.3, -0.25) is 4.79 Å². The molecule has 0 aliphatic heterocycles. The van der Waals surface area contributed by atoms with E-state index in [1.807, 2.05) is 12.1 Å². The van der Waals surface area contributed by atoms with Crippen molar-refractivity contribution in [2.75, 3.05) is 25.9 Å². The van der Waals surface area contributed by atoms with E-state index in [-0.39, 0.29) is 12.3 Å². The summed E-state index contributed by atoms with van der Waals surface area (Å²) >= 11 is 7.20. The van der Waals surface area contributed by atoms with Crippen molar-refractivity contribution in [2.45, 2.75) is 6.42 Å². The molecule has 0 atom stereocenters. The van der Waals surface area contributed by atoms with Gasteiger partial charge in [-0.1, -0.05) is 17.7 Å². The summed E-state index contributed by atoms with van der Waals surface area (Å²) in [5, 5.41) is 2.89. The van der Waals surface area contributed by atoms with Crippen molar-refractivity contribution >= 4 is 34.0 Å². The van der Waals surface area contributed by atoms with Crippen LogP contribution >= 0.6 is 22.9 Å². The first-order valence-electron chi connectivity index (χ1n) is 6.37. The number of ether oxygens (including phenoxy) is 1. The maximum absolute atomic E-state index is 12.0. The van der Waals surface area contributed by atoms with Crippen LogP contribution in [-0.2, 0) is 11.2 Å². The monoisotopic (exact) mass is 325 g/mol. The number of hydrogen-bond acceptors (Lipinski definition) is 5. The number of nitrogen functional groups attached to an aromatic ring is 1. The number of carbonyl (C=O) groups is 1. The van der Waals surface area contributed by atoms with E-state index in [1.165, 1.54) is 11.3 Å². The zero-order chi connectivity index (χ0) is 15.2. The Labute approximate surface area is 132 Å². The summed E-state index contributed by atoms with van der Waals surface area (Å²) in [7, 11) is 1.74. The van der Waals surface area contributed by atoms with Gasteiger partial charge in [-0.25, -0.2) is 4.98 Å². The van der Waals surface area contributed by atoms with Crippen molar-refractivity contribution in [3.05, 3.63) is 40.4 Å². The van der Waals surface area contributed by atoms with E-state index in [2.05, 4.69) is 4.98 Å². The number of amides is 1. The van der Waals surface area contributed by atoms with Crippen LogP contribution in [0.5, 0.6) is 5.75 Å². The molecule has 0 radical (unpaired) electrons. The molecule has 0 aliphatic rings.